The van der Waals surface area contributed by atoms with Gasteiger partial charge in [-0.1, -0.05) is 26.2 Å². The first-order valence-corrected chi connectivity index (χ1v) is 5.22. The summed E-state index contributed by atoms with van der Waals surface area (Å²) in [5, 5.41) is 3.36. The molecule has 0 bridgehead atoms. The first kappa shape index (κ1) is 12.5. The molecule has 0 fully saturated rings. The zero-order valence-electron chi connectivity index (χ0n) is 8.68. The van der Waals surface area contributed by atoms with Crippen LogP contribution in [0.4, 0.5) is 0 Å². The minimum absolute atomic E-state index is 0.458. The van der Waals surface area contributed by atoms with Gasteiger partial charge in [0.15, 0.2) is 0 Å². The molecule has 2 heteroatoms. The van der Waals surface area contributed by atoms with Crippen LogP contribution in [0.5, 0.6) is 0 Å². The van der Waals surface area contributed by atoms with Gasteiger partial charge >= 0.3 is 0 Å². The number of unbranched alkanes of at least 4 members (excludes halogenated alkanes) is 2. The molecule has 0 heterocycles. The first-order valence-electron chi connectivity index (χ1n) is 5.22. The molecule has 0 aromatic rings. The van der Waals surface area contributed by atoms with Gasteiger partial charge in [0.2, 0.25) is 0 Å². The summed E-state index contributed by atoms with van der Waals surface area (Å²) in [5.41, 5.74) is 5.62. The fourth-order valence-electron chi connectivity index (χ4n) is 1.29. The van der Waals surface area contributed by atoms with Gasteiger partial charge in [0.1, 0.15) is 0 Å². The minimum atomic E-state index is 0.458. The smallest absolute Gasteiger partial charge is 0.0212 e. The maximum Gasteiger partial charge on any atom is 0.0212 e. The molecule has 13 heavy (non-hydrogen) atoms. The van der Waals surface area contributed by atoms with E-state index in [9.17, 15) is 0 Å². The zero-order chi connectivity index (χ0) is 9.94. The highest BCUT2D eigenvalue weighted by atomic mass is 14.9. The van der Waals surface area contributed by atoms with E-state index in [1.54, 1.807) is 0 Å². The molecule has 0 aliphatic carbocycles. The Bertz CT molecular complexity index is 138. The molecule has 2 nitrogen and oxygen atoms in total. The predicted molar refractivity (Wildman–Crippen MR) is 58.4 cm³/mol. The molecule has 0 radical (unpaired) electrons. The summed E-state index contributed by atoms with van der Waals surface area (Å²) in [4.78, 5) is 0. The molecule has 0 rings (SSSR count). The van der Waals surface area contributed by atoms with Crippen molar-refractivity contribution in [3.8, 4) is 12.3 Å². The molecule has 76 valence electrons. The lowest BCUT2D eigenvalue weighted by molar-refractivity contribution is 0.471. The Labute approximate surface area is 82.3 Å². The molecule has 0 aromatic carbocycles. The highest BCUT2D eigenvalue weighted by Gasteiger charge is 2.03. The Morgan fingerprint density at radius 3 is 2.77 bits per heavy atom. The van der Waals surface area contributed by atoms with Crippen molar-refractivity contribution in [2.45, 2.75) is 45.1 Å². The first-order chi connectivity index (χ1) is 6.35. The van der Waals surface area contributed by atoms with Crippen molar-refractivity contribution >= 4 is 0 Å². The van der Waals surface area contributed by atoms with E-state index in [0.717, 1.165) is 13.0 Å². The third-order valence-electron chi connectivity index (χ3n) is 2.14. The standard InChI is InChI=1S/C11H22N2/c1-3-5-7-8-11(10-12)13-9-6-4-2/h2,11,13H,3,5-10,12H2,1H3. The van der Waals surface area contributed by atoms with Crippen LogP contribution in [-0.2, 0) is 0 Å². The van der Waals surface area contributed by atoms with Gasteiger partial charge in [0.05, 0.1) is 0 Å². The van der Waals surface area contributed by atoms with Gasteiger partial charge in [0, 0.05) is 25.6 Å². The minimum Gasteiger partial charge on any atom is -0.329 e. The van der Waals surface area contributed by atoms with Gasteiger partial charge in [0.25, 0.3) is 0 Å². The second kappa shape index (κ2) is 9.57. The molecule has 1 unspecified atom stereocenters. The van der Waals surface area contributed by atoms with Gasteiger partial charge in [-0.15, -0.1) is 12.3 Å². The molecule has 0 aliphatic heterocycles. The van der Waals surface area contributed by atoms with Gasteiger partial charge in [-0.2, -0.15) is 0 Å². The van der Waals surface area contributed by atoms with Crippen LogP contribution in [0.1, 0.15) is 39.0 Å². The van der Waals surface area contributed by atoms with Crippen LogP contribution in [0.2, 0.25) is 0 Å². The van der Waals surface area contributed by atoms with Crippen molar-refractivity contribution in [1.29, 1.82) is 0 Å². The average molecular weight is 182 g/mol. The summed E-state index contributed by atoms with van der Waals surface area (Å²) in [6, 6.07) is 0.458. The van der Waals surface area contributed by atoms with Crippen molar-refractivity contribution < 1.29 is 0 Å². The molecule has 0 amide bonds. The summed E-state index contributed by atoms with van der Waals surface area (Å²) >= 11 is 0. The monoisotopic (exact) mass is 182 g/mol. The predicted octanol–water partition coefficient (Wildman–Crippen LogP) is 1.51. The molecule has 1 atom stereocenters. The largest absolute Gasteiger partial charge is 0.329 e. The van der Waals surface area contributed by atoms with E-state index in [1.165, 1.54) is 25.7 Å². The second-order valence-electron chi connectivity index (χ2n) is 3.34. The molecule has 0 saturated heterocycles. The van der Waals surface area contributed by atoms with Crippen LogP contribution in [0, 0.1) is 12.3 Å². The van der Waals surface area contributed by atoms with E-state index >= 15 is 0 Å². The fraction of sp³-hybridized carbons (Fsp3) is 0.818. The average Bonchev–Trinajstić information content (AvgIpc) is 2.16. The Morgan fingerprint density at radius 2 is 2.23 bits per heavy atom. The van der Waals surface area contributed by atoms with E-state index in [2.05, 4.69) is 18.2 Å². The van der Waals surface area contributed by atoms with Crippen molar-refractivity contribution in [2.75, 3.05) is 13.1 Å². The molecular formula is C11H22N2. The molecule has 3 N–H and O–H groups in total. The molecular weight excluding hydrogens is 160 g/mol. The third-order valence-corrected chi connectivity index (χ3v) is 2.14. The number of hydrogen-bond acceptors (Lipinski definition) is 2. The lowest BCUT2D eigenvalue weighted by atomic mass is 10.1. The van der Waals surface area contributed by atoms with E-state index in [4.69, 9.17) is 12.2 Å². The van der Waals surface area contributed by atoms with Crippen LogP contribution in [0.25, 0.3) is 0 Å². The van der Waals surface area contributed by atoms with Crippen molar-refractivity contribution in [1.82, 2.24) is 5.32 Å². The van der Waals surface area contributed by atoms with Crippen molar-refractivity contribution in [3.05, 3.63) is 0 Å². The Kier molecular flexibility index (Phi) is 9.18. The van der Waals surface area contributed by atoms with Gasteiger partial charge in [-0.25, -0.2) is 0 Å². The maximum absolute atomic E-state index is 5.62. The van der Waals surface area contributed by atoms with Gasteiger partial charge in [-0.05, 0) is 6.42 Å². The molecule has 0 aromatic heterocycles. The topological polar surface area (TPSA) is 38.0 Å². The number of nitrogens with one attached hydrogen (secondary N) is 1. The molecule has 0 spiro atoms. The molecule has 0 aliphatic rings. The quantitative estimate of drug-likeness (QED) is 0.441. The summed E-state index contributed by atoms with van der Waals surface area (Å²) in [6.07, 6.45) is 11.0. The molecule has 0 saturated carbocycles. The van der Waals surface area contributed by atoms with E-state index < -0.39 is 0 Å². The Morgan fingerprint density at radius 1 is 1.46 bits per heavy atom. The lowest BCUT2D eigenvalue weighted by Crippen LogP contribution is -2.36. The second-order valence-corrected chi connectivity index (χ2v) is 3.34. The summed E-state index contributed by atoms with van der Waals surface area (Å²) in [5.74, 6) is 2.61. The highest BCUT2D eigenvalue weighted by Crippen LogP contribution is 2.02. The summed E-state index contributed by atoms with van der Waals surface area (Å²) in [6.45, 7) is 3.82. The number of terminal acetylenes is 1. The van der Waals surface area contributed by atoms with Crippen LogP contribution in [0.15, 0.2) is 0 Å². The van der Waals surface area contributed by atoms with Crippen molar-refractivity contribution in [3.63, 3.8) is 0 Å². The van der Waals surface area contributed by atoms with Gasteiger partial charge in [-0.3, -0.25) is 0 Å². The van der Waals surface area contributed by atoms with E-state index in [-0.39, 0.29) is 0 Å². The summed E-state index contributed by atoms with van der Waals surface area (Å²) < 4.78 is 0. The van der Waals surface area contributed by atoms with Crippen LogP contribution in [-0.4, -0.2) is 19.1 Å². The third kappa shape index (κ3) is 7.83. The Balaban J connectivity index is 3.35. The van der Waals surface area contributed by atoms with E-state index in [1.807, 2.05) is 0 Å². The maximum atomic E-state index is 5.62. The number of rotatable bonds is 8. The van der Waals surface area contributed by atoms with Crippen LogP contribution in [0.3, 0.4) is 0 Å². The zero-order valence-corrected chi connectivity index (χ0v) is 8.68. The van der Waals surface area contributed by atoms with Crippen LogP contribution < -0.4 is 11.1 Å². The Hall–Kier alpha value is -0.520. The summed E-state index contributed by atoms with van der Waals surface area (Å²) in [7, 11) is 0. The highest BCUT2D eigenvalue weighted by molar-refractivity contribution is 4.84. The lowest BCUT2D eigenvalue weighted by Gasteiger charge is -2.15. The SMILES string of the molecule is C#CCCNC(CN)CCCCC. The fourth-order valence-corrected chi connectivity index (χ4v) is 1.29. The van der Waals surface area contributed by atoms with Crippen LogP contribution >= 0.6 is 0 Å². The van der Waals surface area contributed by atoms with Gasteiger partial charge < -0.3 is 11.1 Å². The number of nitrogens with two attached hydrogens (primary N) is 1. The van der Waals surface area contributed by atoms with E-state index in [0.29, 0.717) is 12.6 Å². The number of hydrogen-bond donors (Lipinski definition) is 2. The normalized spacial score (nSPS) is 12.4. The van der Waals surface area contributed by atoms with Crippen molar-refractivity contribution in [2.24, 2.45) is 5.73 Å².